The number of carbonyl (C=O) groups excluding carboxylic acids is 11. The molecule has 14 N–H and O–H groups in total. The number of hydrogen-bond donors (Lipinski definition) is 14. The van der Waals surface area contributed by atoms with Crippen LogP contribution >= 0.6 is 0 Å². The third kappa shape index (κ3) is 23.3. The van der Waals surface area contributed by atoms with Gasteiger partial charge < -0.3 is 78.5 Å². The molecule has 0 bridgehead atoms. The van der Waals surface area contributed by atoms with Crippen LogP contribution in [0.15, 0.2) is 36.0 Å². The van der Waals surface area contributed by atoms with Crippen LogP contribution in [-0.4, -0.2) is 177 Å². The molecule has 1 aromatic carbocycles. The number of fused-ring (bicyclic) bond motifs is 1. The van der Waals surface area contributed by atoms with Gasteiger partial charge in [0.2, 0.25) is 59.1 Å². The van der Waals surface area contributed by atoms with E-state index in [1.54, 1.807) is 41.5 Å². The van der Waals surface area contributed by atoms with E-state index in [1.807, 2.05) is 20.8 Å². The number of unbranched alkanes of at least 4 members (excludes halogenated alkanes) is 2. The van der Waals surface area contributed by atoms with Gasteiger partial charge in [-0.2, -0.15) is 0 Å². The van der Waals surface area contributed by atoms with Gasteiger partial charge in [0, 0.05) is 38.5 Å². The predicted octanol–water partition coefficient (Wildman–Crippen LogP) is -0.546. The molecular weight excluding hydrogens is 1100 g/mol. The van der Waals surface area contributed by atoms with E-state index in [4.69, 9.17) is 0 Å². The second-order valence-electron chi connectivity index (χ2n) is 23.2. The lowest BCUT2D eigenvalue weighted by Crippen LogP contribution is -2.62. The zero-order valence-corrected chi connectivity index (χ0v) is 51.0. The highest BCUT2D eigenvalue weighted by atomic mass is 16.3. The van der Waals surface area contributed by atoms with Crippen molar-refractivity contribution in [1.82, 2.24) is 58.1 Å². The van der Waals surface area contributed by atoms with E-state index in [2.05, 4.69) is 53.2 Å². The summed E-state index contributed by atoms with van der Waals surface area (Å²) < 4.78 is 0. The first-order valence-corrected chi connectivity index (χ1v) is 29.8. The summed E-state index contributed by atoms with van der Waals surface area (Å²) >= 11 is 0. The summed E-state index contributed by atoms with van der Waals surface area (Å²) in [4.78, 5) is 156. The van der Waals surface area contributed by atoms with E-state index in [0.29, 0.717) is 31.2 Å². The maximum Gasteiger partial charge on any atom is 0.270 e. The van der Waals surface area contributed by atoms with Crippen LogP contribution in [0, 0.1) is 23.7 Å². The van der Waals surface area contributed by atoms with Crippen LogP contribution < -0.4 is 53.2 Å². The molecule has 2 fully saturated rings. The Morgan fingerprint density at radius 1 is 0.588 bits per heavy atom. The lowest BCUT2D eigenvalue weighted by atomic mass is 9.93. The van der Waals surface area contributed by atoms with Gasteiger partial charge in [0.25, 0.3) is 5.91 Å². The number of phenols is 1. The Morgan fingerprint density at radius 3 is 1.67 bits per heavy atom. The number of amides is 11. The van der Waals surface area contributed by atoms with Crippen LogP contribution in [-0.2, 0) is 59.2 Å². The second kappa shape index (κ2) is 36.0. The molecule has 26 heteroatoms. The molecule has 26 nitrogen and oxygen atoms in total. The van der Waals surface area contributed by atoms with Crippen LogP contribution in [0.4, 0.5) is 0 Å². The monoisotopic (exact) mass is 1200 g/mol. The largest absolute Gasteiger partial charge is 0.508 e. The van der Waals surface area contributed by atoms with Gasteiger partial charge in [-0.25, -0.2) is 0 Å². The Balaban J connectivity index is 2.17. The molecule has 0 radical (unpaired) electrons. The highest BCUT2D eigenvalue weighted by Gasteiger charge is 2.42. The van der Waals surface area contributed by atoms with Crippen molar-refractivity contribution in [1.29, 1.82) is 0 Å². The molecule has 2 aliphatic rings. The highest BCUT2D eigenvalue weighted by Crippen LogP contribution is 2.22. The Morgan fingerprint density at radius 2 is 1.12 bits per heavy atom. The smallest absolute Gasteiger partial charge is 0.270 e. The Kier molecular flexibility index (Phi) is 30.5. The lowest BCUT2D eigenvalue weighted by Gasteiger charge is -2.31. The van der Waals surface area contributed by atoms with Crippen LogP contribution in [0.3, 0.4) is 0 Å². The maximum atomic E-state index is 14.6. The normalized spacial score (nSPS) is 27.0. The molecule has 12 atom stereocenters. The summed E-state index contributed by atoms with van der Waals surface area (Å²) in [6.45, 7) is 15.1. The maximum absolute atomic E-state index is 14.6. The van der Waals surface area contributed by atoms with Gasteiger partial charge >= 0.3 is 0 Å². The van der Waals surface area contributed by atoms with E-state index in [-0.39, 0.29) is 49.7 Å². The highest BCUT2D eigenvalue weighted by molar-refractivity contribution is 6.02. The summed E-state index contributed by atoms with van der Waals surface area (Å²) in [5.41, 5.74) is 0.0343. The fraction of sp³-hybridized carbons (Fsp3) is 0.678. The van der Waals surface area contributed by atoms with Gasteiger partial charge in [0.1, 0.15) is 59.8 Å². The minimum atomic E-state index is -1.63. The number of nitrogens with one attached hydrogen (secondary N) is 10. The number of aliphatic hydroxyl groups excluding tert-OH is 3. The molecule has 0 aliphatic carbocycles. The van der Waals surface area contributed by atoms with Crippen molar-refractivity contribution < 1.29 is 73.2 Å². The number of aromatic hydroxyl groups is 1. The van der Waals surface area contributed by atoms with E-state index in [9.17, 15) is 73.2 Å². The third-order valence-electron chi connectivity index (χ3n) is 15.2. The first kappa shape index (κ1) is 72.1. The van der Waals surface area contributed by atoms with Gasteiger partial charge in [-0.05, 0) is 74.0 Å². The minimum Gasteiger partial charge on any atom is -0.508 e. The summed E-state index contributed by atoms with van der Waals surface area (Å²) in [5, 5.41) is 67.7. The molecule has 2 saturated heterocycles. The summed E-state index contributed by atoms with van der Waals surface area (Å²) in [6, 6.07) is -6.26. The molecule has 1 aromatic rings. The predicted molar refractivity (Wildman–Crippen MR) is 314 cm³/mol. The number of phenolic OH excluding ortho intramolecular Hbond substituents is 1. The Bertz CT molecular complexity index is 2480. The number of nitrogens with zero attached hydrogens (tertiary/aromatic N) is 1. The summed E-state index contributed by atoms with van der Waals surface area (Å²) in [5.74, 6) is -10.7. The summed E-state index contributed by atoms with van der Waals surface area (Å²) in [7, 11) is 0. The number of carbonyl (C=O) groups is 11. The van der Waals surface area contributed by atoms with E-state index < -0.39 is 176 Å². The van der Waals surface area contributed by atoms with Gasteiger partial charge in [0.15, 0.2) is 0 Å². The Hall–Kier alpha value is -7.19. The van der Waals surface area contributed by atoms with Crippen molar-refractivity contribution in [2.75, 3.05) is 26.3 Å². The van der Waals surface area contributed by atoms with Crippen LogP contribution in [0.5, 0.6) is 5.75 Å². The van der Waals surface area contributed by atoms with Crippen LogP contribution in [0.25, 0.3) is 0 Å². The number of rotatable bonds is 17. The molecule has 0 unspecified atom stereocenters. The van der Waals surface area contributed by atoms with E-state index >= 15 is 0 Å². The standard InChI is InChI=1S/C59H95N11O15/c1-11-15-16-17-37-27-47(75)62-45(31-72)55(81)63-40(14-4)59(85)70-30-39(74)28-46(70)56(82)64-41(22-23-71)52(78)66-44(26-36-18-20-38(73)21-19-36)53(79)65-43(25-33(7)8)54(80)68-50(35(10)13-3)58(84)69-49(34(9)12-2)57(83)67-42(24-32(5)6)51(77)60-29-48(76)61-37/h14,18-21,32-35,37,39,41-46,49-50,71-74H,11-13,15-17,22-31H2,1-10H3,(H,60,77)(H,61,76)(H,62,75)(H,63,81)(H,64,82)(H,65,79)(H,66,78)(H,67,83)(H,68,80)(H,69,84)/b40-14-/t34-,35+,37-,39-,41+,42+,43-,44-,45+,46+,49+,50+/m1/s1. The van der Waals surface area contributed by atoms with Crippen molar-refractivity contribution in [3.63, 3.8) is 0 Å². The third-order valence-corrected chi connectivity index (χ3v) is 15.2. The number of aliphatic hydroxyl groups is 3. The van der Waals surface area contributed by atoms with Crippen molar-refractivity contribution in [3.8, 4) is 5.75 Å². The van der Waals surface area contributed by atoms with Gasteiger partial charge in [-0.1, -0.05) is 113 Å². The zero-order chi connectivity index (χ0) is 63.7. The van der Waals surface area contributed by atoms with E-state index in [0.717, 1.165) is 17.7 Å². The van der Waals surface area contributed by atoms with Gasteiger partial charge in [-0.15, -0.1) is 0 Å². The number of allylic oxidation sites excluding steroid dienone is 1. The molecule has 2 heterocycles. The topological polar surface area (TPSA) is 392 Å². The average molecular weight is 1200 g/mol. The van der Waals surface area contributed by atoms with Crippen molar-refractivity contribution in [3.05, 3.63) is 41.6 Å². The van der Waals surface area contributed by atoms with Gasteiger partial charge in [-0.3, -0.25) is 52.7 Å². The van der Waals surface area contributed by atoms with Gasteiger partial charge in [0.05, 0.1) is 19.3 Å². The molecule has 476 valence electrons. The fourth-order valence-corrected chi connectivity index (χ4v) is 9.87. The molecule has 0 aromatic heterocycles. The molecule has 85 heavy (non-hydrogen) atoms. The molecule has 2 aliphatic heterocycles. The molecule has 3 rings (SSSR count). The first-order chi connectivity index (χ1) is 40.2. The molecule has 11 amide bonds. The second-order valence-corrected chi connectivity index (χ2v) is 23.2. The minimum absolute atomic E-state index is 0.0353. The summed E-state index contributed by atoms with van der Waals surface area (Å²) in [6.07, 6.45) is 1.95. The number of benzene rings is 1. The van der Waals surface area contributed by atoms with Crippen LogP contribution in [0.1, 0.15) is 145 Å². The SMILES string of the molecule is C/C=C1\NC(=O)[C@H](CO)NC(=O)C[C@@H](CCCCC)NC(=O)CNC(=O)[C@H](CC(C)C)NC(=O)[C@H]([C@H](C)CC)NC(=O)[C@H]([C@@H](C)CC)NC(=O)[C@@H](CC(C)C)NC(=O)[C@@H](Cc2ccc(O)cc2)NC(=O)[C@H](CCO)NC(=O)[C@@H]2C[C@@H](O)CN2C1=O. The molecular formula is C59H95N11O15. The van der Waals surface area contributed by atoms with Crippen molar-refractivity contribution >= 4 is 65.0 Å². The van der Waals surface area contributed by atoms with E-state index in [1.165, 1.54) is 37.3 Å². The van der Waals surface area contributed by atoms with Crippen molar-refractivity contribution in [2.24, 2.45) is 23.7 Å². The molecule has 0 spiro atoms. The fourth-order valence-electron chi connectivity index (χ4n) is 9.87. The first-order valence-electron chi connectivity index (χ1n) is 29.8. The quantitative estimate of drug-likeness (QED) is 0.0688. The lowest BCUT2D eigenvalue weighted by molar-refractivity contribution is -0.139. The van der Waals surface area contributed by atoms with Crippen molar-refractivity contribution in [2.45, 2.75) is 207 Å². The number of hydrogen-bond acceptors (Lipinski definition) is 15. The molecule has 0 saturated carbocycles. The zero-order valence-electron chi connectivity index (χ0n) is 51.0. The Labute approximate surface area is 498 Å². The van der Waals surface area contributed by atoms with Crippen LogP contribution in [0.2, 0.25) is 0 Å². The average Bonchev–Trinajstić information content (AvgIpc) is 3.89.